The lowest BCUT2D eigenvalue weighted by Crippen LogP contribution is -2.48. The fourth-order valence-corrected chi connectivity index (χ4v) is 16.4. The van der Waals surface area contributed by atoms with Crippen molar-refractivity contribution < 1.29 is 78.6 Å². The first kappa shape index (κ1) is 89.8. The number of aromatic amines is 1. The molecule has 0 aliphatic carbocycles. The van der Waals surface area contributed by atoms with E-state index in [0.717, 1.165) is 68.1 Å². The molecule has 48 heteroatoms. The van der Waals surface area contributed by atoms with Crippen molar-refractivity contribution in [1.82, 2.24) is 102 Å². The van der Waals surface area contributed by atoms with Crippen molar-refractivity contribution in [1.29, 1.82) is 0 Å². The van der Waals surface area contributed by atoms with Gasteiger partial charge in [-0.2, -0.15) is 20.4 Å². The van der Waals surface area contributed by atoms with E-state index in [-0.39, 0.29) is 65.3 Å². The second kappa shape index (κ2) is 38.4. The molecule has 0 aromatic carbocycles. The minimum absolute atomic E-state index is 0.0988. The van der Waals surface area contributed by atoms with Gasteiger partial charge in [0.2, 0.25) is 45.7 Å². The highest BCUT2D eigenvalue weighted by molar-refractivity contribution is 7.89. The van der Waals surface area contributed by atoms with Gasteiger partial charge in [-0.15, -0.1) is 0 Å². The number of halogens is 8. The van der Waals surface area contributed by atoms with E-state index in [2.05, 4.69) is 89.2 Å². The Kier molecular flexibility index (Phi) is 28.0. The zero-order valence-electron chi connectivity index (χ0n) is 66.7. The average Bonchev–Trinajstić information content (AvgIpc) is 1.67. The Labute approximate surface area is 700 Å². The molecule has 0 amide bonds. The zero-order valence-corrected chi connectivity index (χ0v) is 70.0. The summed E-state index contributed by atoms with van der Waals surface area (Å²) >= 11 is 0. The summed E-state index contributed by atoms with van der Waals surface area (Å²) in [5.74, 6) is 1.89. The molecular formula is C75H87F8N25O11S4. The van der Waals surface area contributed by atoms with Crippen molar-refractivity contribution >= 4 is 85.8 Å². The quantitative estimate of drug-likeness (QED) is 0.0381. The number of aliphatic hydroxyl groups is 1. The van der Waals surface area contributed by atoms with Crippen LogP contribution in [0.4, 0.5) is 58.3 Å². The van der Waals surface area contributed by atoms with E-state index in [1.54, 1.807) is 50.0 Å². The SMILES string of the molecule is CN(CC1CCCN(c2cc(-c3cnc4ccc(C(F)F)nn34)ccn2)C1)S(C)(=O)=O.CS(=O)(=O)NCC1CN(c2cc(-c3cnc4ccc(C(F)F)nn34)ncn2)CCC1O.CS(=O)(=O)NC[C@@H]1CN(c2ccnc(-c3cnc4ccc(C(F)F)nn34)c2)CCO1.CS(=O)(=O)NC[C@H]1CCCN(c2cc(-c3cnc4ccc(C(F)F)nn34)cc(=O)[nH]2)C1. The summed E-state index contributed by atoms with van der Waals surface area (Å²) < 4.78 is 216. The maximum Gasteiger partial charge on any atom is 0.282 e. The van der Waals surface area contributed by atoms with E-state index < -0.39 is 71.9 Å². The van der Waals surface area contributed by atoms with Gasteiger partial charge >= 0.3 is 0 Å². The standard InChI is InChI=1S/C20H24F2N6O2S.C19H22F2N6O3S.C18H21F2N7O3S.C18H20F2N6O3S/c1-26(31(2,29)30)12-14-4-3-9-27(13-14)19-10-15(7-8-23-19)17-11-24-18-6-5-16(20(21)22)25-28(17)18;1-31(29,30)23-9-12-3-2-6-26(11-12)17-7-13(8-18(28)24-17)15-10-22-16-5-4-14(19(20)21)25-27(15)16;1-31(29,30)24-7-11-9-26(5-4-15(11)28)17-6-13(22-10-23-17)14-8-21-16-3-2-12(18(19)20)25-27(14)16;1-30(27,28)23-9-13-11-25(6-7-29-13)12-4-5-21-15(8-12)16-10-22-17-3-2-14(18(19)20)24-26(16)17/h5-8,10-11,14,20H,3-4,9,12-13H2,1-2H3;4-5,7-8,10,12,19,23H,2-3,6,9,11H2,1H3,(H,24,28);2-3,6,8,10-11,15,18,24,28H,4-5,7,9H2,1H3;2-5,8,10,13,18,23H,6-7,9,11H2,1H3/t;12-;;13-/m.1.1/s1. The smallest absolute Gasteiger partial charge is 0.282 e. The number of imidazole rings is 4. The summed E-state index contributed by atoms with van der Waals surface area (Å²) in [5, 5.41) is 26.2. The van der Waals surface area contributed by atoms with Crippen molar-refractivity contribution in [2.45, 2.75) is 70.0 Å². The first-order chi connectivity index (χ1) is 58.4. The number of fused-ring (bicyclic) bond motifs is 4. The minimum atomic E-state index is -3.37. The first-order valence-corrected chi connectivity index (χ1v) is 46.0. The Morgan fingerprint density at radius 1 is 0.480 bits per heavy atom. The molecule has 3 unspecified atom stereocenters. The lowest BCUT2D eigenvalue weighted by atomic mass is 9.95. The summed E-state index contributed by atoms with van der Waals surface area (Å²) in [6, 6.07) is 23.1. The van der Waals surface area contributed by atoms with Crippen LogP contribution in [0, 0.1) is 17.8 Å². The fraction of sp³-hybridized carbons (Fsp3) is 0.427. The molecule has 0 bridgehead atoms. The minimum Gasteiger partial charge on any atom is -0.393 e. The number of nitrogens with zero attached hydrogens (tertiary/aromatic N) is 21. The number of hydrogen-bond acceptors (Lipinski definition) is 27. The molecule has 5 N–H and O–H groups in total. The molecule has 123 heavy (non-hydrogen) atoms. The van der Waals surface area contributed by atoms with Gasteiger partial charge in [0.15, 0.2) is 22.6 Å². The van der Waals surface area contributed by atoms with Gasteiger partial charge in [-0.25, -0.2) is 140 Å². The molecule has 4 aliphatic heterocycles. The number of sulfonamides is 4. The number of aliphatic hydroxyl groups excluding tert-OH is 1. The highest BCUT2D eigenvalue weighted by Crippen LogP contribution is 2.34. The summed E-state index contributed by atoms with van der Waals surface area (Å²) in [4.78, 5) is 57.5. The Morgan fingerprint density at radius 3 is 1.51 bits per heavy atom. The molecule has 0 saturated carbocycles. The van der Waals surface area contributed by atoms with Gasteiger partial charge in [-0.1, -0.05) is 0 Å². The van der Waals surface area contributed by atoms with E-state index in [9.17, 15) is 78.7 Å². The Balaban J connectivity index is 0.000000141. The lowest BCUT2D eigenvalue weighted by molar-refractivity contribution is 0.0443. The lowest BCUT2D eigenvalue weighted by Gasteiger charge is -2.36. The van der Waals surface area contributed by atoms with E-state index in [1.807, 2.05) is 28.0 Å². The molecule has 658 valence electrons. The third-order valence-electron chi connectivity index (χ3n) is 20.6. The molecule has 4 aliphatic rings. The van der Waals surface area contributed by atoms with Crippen LogP contribution in [-0.4, -0.2) is 256 Å². The van der Waals surface area contributed by atoms with E-state index in [1.165, 1.54) is 102 Å². The van der Waals surface area contributed by atoms with Crippen LogP contribution >= 0.6 is 0 Å². The zero-order chi connectivity index (χ0) is 87.8. The maximum absolute atomic E-state index is 13.1. The Bertz CT molecular complexity index is 6280. The Hall–Kier alpha value is -11.0. The number of pyridine rings is 3. The number of ether oxygens (including phenoxy) is 1. The van der Waals surface area contributed by atoms with Crippen LogP contribution in [0.25, 0.3) is 67.9 Å². The fourth-order valence-electron chi connectivity index (χ4n) is 14.4. The Morgan fingerprint density at radius 2 is 0.959 bits per heavy atom. The van der Waals surface area contributed by atoms with Crippen LogP contribution in [0.3, 0.4) is 0 Å². The molecular weight excluding hydrogens is 1710 g/mol. The number of morpholine rings is 1. The third-order valence-corrected chi connectivity index (χ3v) is 24.0. The number of hydrogen-bond donors (Lipinski definition) is 5. The number of piperidine rings is 3. The van der Waals surface area contributed by atoms with Crippen LogP contribution in [0.2, 0.25) is 0 Å². The van der Waals surface area contributed by atoms with Gasteiger partial charge in [0.25, 0.3) is 25.7 Å². The van der Waals surface area contributed by atoms with E-state index in [4.69, 9.17) is 4.74 Å². The van der Waals surface area contributed by atoms with Gasteiger partial charge in [-0.05, 0) is 123 Å². The third kappa shape index (κ3) is 23.3. The molecule has 5 atom stereocenters. The molecule has 16 heterocycles. The molecule has 12 aromatic heterocycles. The second-order valence-electron chi connectivity index (χ2n) is 29.9. The number of H-pyrrole nitrogens is 1. The van der Waals surface area contributed by atoms with Crippen LogP contribution in [0.5, 0.6) is 0 Å². The van der Waals surface area contributed by atoms with Crippen molar-refractivity contribution in [2.75, 3.05) is 137 Å². The van der Waals surface area contributed by atoms with Gasteiger partial charge in [0.1, 0.15) is 57.9 Å². The van der Waals surface area contributed by atoms with Crippen LogP contribution in [0.15, 0.2) is 139 Å². The van der Waals surface area contributed by atoms with Crippen molar-refractivity contribution in [3.63, 3.8) is 0 Å². The normalized spacial score (nSPS) is 18.3. The number of alkyl halides is 8. The number of rotatable bonds is 24. The predicted octanol–water partition coefficient (Wildman–Crippen LogP) is 6.97. The van der Waals surface area contributed by atoms with Gasteiger partial charge in [0.05, 0.1) is 91.4 Å². The second-order valence-corrected chi connectivity index (χ2v) is 37.5. The van der Waals surface area contributed by atoms with Crippen molar-refractivity contribution in [3.8, 4) is 45.3 Å². The molecule has 12 aromatic rings. The van der Waals surface area contributed by atoms with Gasteiger partial charge in [0, 0.05) is 133 Å². The van der Waals surface area contributed by atoms with Crippen LogP contribution in [0.1, 0.15) is 80.6 Å². The summed E-state index contributed by atoms with van der Waals surface area (Å²) in [6.07, 6.45) is 7.64. The van der Waals surface area contributed by atoms with Gasteiger partial charge in [-0.3, -0.25) is 9.78 Å². The summed E-state index contributed by atoms with van der Waals surface area (Å²) in [7, 11) is -11.6. The summed E-state index contributed by atoms with van der Waals surface area (Å²) in [6.45, 7) is 6.34. The number of anilines is 4. The van der Waals surface area contributed by atoms with E-state index >= 15 is 0 Å². The van der Waals surface area contributed by atoms with Crippen LogP contribution < -0.4 is 39.3 Å². The highest BCUT2D eigenvalue weighted by Gasteiger charge is 2.32. The monoisotopic (exact) mass is 1790 g/mol. The van der Waals surface area contributed by atoms with Crippen LogP contribution in [-0.2, 0) is 44.8 Å². The maximum atomic E-state index is 13.1. The topological polar surface area (TPSA) is 423 Å². The highest BCUT2D eigenvalue weighted by atomic mass is 32.2. The molecule has 16 rings (SSSR count). The molecule has 4 fully saturated rings. The first-order valence-electron chi connectivity index (χ1n) is 38.5. The number of nitrogens with one attached hydrogen (secondary N) is 4. The molecule has 36 nitrogen and oxygen atoms in total. The molecule has 4 saturated heterocycles. The van der Waals surface area contributed by atoms with Gasteiger partial charge < -0.3 is 34.4 Å². The summed E-state index contributed by atoms with van der Waals surface area (Å²) in [5.41, 5.74) is 5.08. The predicted molar refractivity (Wildman–Crippen MR) is 439 cm³/mol. The van der Waals surface area contributed by atoms with E-state index in [0.29, 0.717) is 146 Å². The molecule has 0 radical (unpaired) electrons. The van der Waals surface area contributed by atoms with Crippen molar-refractivity contribution in [3.05, 3.63) is 168 Å². The van der Waals surface area contributed by atoms with Crippen molar-refractivity contribution in [2.24, 2.45) is 17.8 Å². The average molecular weight is 1790 g/mol. The number of aromatic nitrogens is 17. The molecule has 0 spiro atoms. The largest absolute Gasteiger partial charge is 0.393 e.